The van der Waals surface area contributed by atoms with E-state index >= 15 is 0 Å². The summed E-state index contributed by atoms with van der Waals surface area (Å²) < 4.78 is 5.06. The molecule has 0 spiro atoms. The first-order valence-electron chi connectivity index (χ1n) is 6.37. The summed E-state index contributed by atoms with van der Waals surface area (Å²) in [6.07, 6.45) is 6.70. The van der Waals surface area contributed by atoms with Crippen LogP contribution in [0, 0.1) is 0 Å². The number of carbonyl (C=O) groups is 1. The molecule has 1 aliphatic carbocycles. The van der Waals surface area contributed by atoms with Gasteiger partial charge in [-0.15, -0.1) is 5.59 Å². The van der Waals surface area contributed by atoms with Crippen molar-refractivity contribution < 1.29 is 14.4 Å². The Bertz CT molecular complexity index is 230. The maximum absolute atomic E-state index is 11.3. The predicted molar refractivity (Wildman–Crippen MR) is 65.1 cm³/mol. The third-order valence-electron chi connectivity index (χ3n) is 2.58. The average Bonchev–Trinajstić information content (AvgIpc) is 2.43. The van der Waals surface area contributed by atoms with Crippen molar-refractivity contribution in [3.63, 3.8) is 0 Å². The van der Waals surface area contributed by atoms with Gasteiger partial charge in [-0.3, -0.25) is 4.84 Å². The van der Waals surface area contributed by atoms with Gasteiger partial charge in [0.15, 0.2) is 0 Å². The van der Waals surface area contributed by atoms with E-state index < -0.39 is 11.7 Å². The van der Waals surface area contributed by atoms with Crippen molar-refractivity contribution in [1.82, 2.24) is 11.0 Å². The predicted octanol–water partition coefficient (Wildman–Crippen LogP) is 2.67. The molecule has 0 radical (unpaired) electrons. The van der Waals surface area contributed by atoms with Crippen LogP contribution in [0.15, 0.2) is 0 Å². The molecule has 0 saturated heterocycles. The minimum absolute atomic E-state index is 0.187. The van der Waals surface area contributed by atoms with Gasteiger partial charge in [-0.05, 0) is 33.6 Å². The minimum Gasteiger partial charge on any atom is -0.443 e. The van der Waals surface area contributed by atoms with Gasteiger partial charge in [0.2, 0.25) is 0 Å². The fourth-order valence-electron chi connectivity index (χ4n) is 1.82. The molecule has 2 N–H and O–H groups in total. The smallest absolute Gasteiger partial charge is 0.423 e. The molecule has 0 aromatic heterocycles. The van der Waals surface area contributed by atoms with Crippen molar-refractivity contribution in [2.75, 3.05) is 0 Å². The molecule has 0 heterocycles. The van der Waals surface area contributed by atoms with E-state index in [4.69, 9.17) is 9.57 Å². The lowest BCUT2D eigenvalue weighted by molar-refractivity contribution is -0.0577. The van der Waals surface area contributed by atoms with E-state index in [0.717, 1.165) is 12.8 Å². The molecule has 0 aromatic rings. The second kappa shape index (κ2) is 6.81. The van der Waals surface area contributed by atoms with Crippen LogP contribution in [0.25, 0.3) is 0 Å². The van der Waals surface area contributed by atoms with E-state index in [0.29, 0.717) is 0 Å². The Morgan fingerprint density at radius 1 is 1.12 bits per heavy atom. The number of hydrogen-bond donors (Lipinski definition) is 2. The summed E-state index contributed by atoms with van der Waals surface area (Å²) in [5, 5.41) is 0. The SMILES string of the molecule is CC(C)(C)OC(=O)NNOC1CCCCCC1. The van der Waals surface area contributed by atoms with Gasteiger partial charge in [-0.25, -0.2) is 10.2 Å². The van der Waals surface area contributed by atoms with Crippen LogP contribution in [0.2, 0.25) is 0 Å². The largest absolute Gasteiger partial charge is 0.443 e. The first-order chi connectivity index (χ1) is 7.97. The number of nitrogens with one attached hydrogen (secondary N) is 2. The highest BCUT2D eigenvalue weighted by Gasteiger charge is 2.17. The summed E-state index contributed by atoms with van der Waals surface area (Å²) >= 11 is 0. The molecule has 0 aromatic carbocycles. The average molecular weight is 244 g/mol. The summed E-state index contributed by atoms with van der Waals surface area (Å²) in [4.78, 5) is 16.7. The molecule has 0 atom stereocenters. The Balaban J connectivity index is 2.12. The molecule has 17 heavy (non-hydrogen) atoms. The summed E-state index contributed by atoms with van der Waals surface area (Å²) in [6.45, 7) is 5.45. The van der Waals surface area contributed by atoms with Crippen molar-refractivity contribution in [3.05, 3.63) is 0 Å². The molecule has 0 unspecified atom stereocenters. The number of rotatable bonds is 3. The third-order valence-corrected chi connectivity index (χ3v) is 2.58. The van der Waals surface area contributed by atoms with Gasteiger partial charge < -0.3 is 4.74 Å². The van der Waals surface area contributed by atoms with Gasteiger partial charge in [0.25, 0.3) is 0 Å². The zero-order chi connectivity index (χ0) is 12.7. The van der Waals surface area contributed by atoms with E-state index in [9.17, 15) is 4.79 Å². The van der Waals surface area contributed by atoms with Crippen molar-refractivity contribution >= 4 is 6.09 Å². The van der Waals surface area contributed by atoms with Gasteiger partial charge in [0.05, 0.1) is 6.10 Å². The van der Waals surface area contributed by atoms with E-state index in [2.05, 4.69) is 11.0 Å². The lowest BCUT2D eigenvalue weighted by Gasteiger charge is -2.21. The zero-order valence-corrected chi connectivity index (χ0v) is 11.0. The molecule has 100 valence electrons. The molecular formula is C12H24N2O3. The standard InChI is InChI=1S/C12H24N2O3/c1-12(2,3)16-11(15)13-14-17-10-8-6-4-5-7-9-10/h10,14H,4-9H2,1-3H3,(H,13,15). The Morgan fingerprint density at radius 2 is 1.71 bits per heavy atom. The maximum Gasteiger partial charge on any atom is 0.423 e. The second-order valence-electron chi connectivity index (χ2n) is 5.46. The monoisotopic (exact) mass is 244 g/mol. The quantitative estimate of drug-likeness (QED) is 0.592. The highest BCUT2D eigenvalue weighted by atomic mass is 16.7. The zero-order valence-electron chi connectivity index (χ0n) is 11.0. The fraction of sp³-hybridized carbons (Fsp3) is 0.917. The van der Waals surface area contributed by atoms with E-state index in [-0.39, 0.29) is 6.10 Å². The van der Waals surface area contributed by atoms with E-state index in [1.54, 1.807) is 0 Å². The Labute approximate surface area is 103 Å². The van der Waals surface area contributed by atoms with Crippen molar-refractivity contribution in [2.45, 2.75) is 71.0 Å². The number of hydrogen-bond acceptors (Lipinski definition) is 4. The van der Waals surface area contributed by atoms with Crippen molar-refractivity contribution in [1.29, 1.82) is 0 Å². The molecule has 1 fully saturated rings. The third kappa shape index (κ3) is 7.18. The van der Waals surface area contributed by atoms with Crippen LogP contribution in [0.5, 0.6) is 0 Å². The van der Waals surface area contributed by atoms with E-state index in [1.807, 2.05) is 20.8 Å². The maximum atomic E-state index is 11.3. The second-order valence-corrected chi connectivity index (χ2v) is 5.46. The lowest BCUT2D eigenvalue weighted by atomic mass is 10.2. The van der Waals surface area contributed by atoms with Crippen LogP contribution in [-0.4, -0.2) is 17.8 Å². The number of ether oxygens (including phenoxy) is 1. The highest BCUT2D eigenvalue weighted by molar-refractivity contribution is 5.66. The van der Waals surface area contributed by atoms with Gasteiger partial charge >= 0.3 is 6.09 Å². The van der Waals surface area contributed by atoms with Gasteiger partial charge in [0.1, 0.15) is 5.60 Å². The van der Waals surface area contributed by atoms with Gasteiger partial charge in [-0.1, -0.05) is 25.7 Å². The first kappa shape index (κ1) is 14.3. The molecule has 1 rings (SSSR count). The van der Waals surface area contributed by atoms with E-state index in [1.165, 1.54) is 25.7 Å². The van der Waals surface area contributed by atoms with Crippen LogP contribution in [0.3, 0.4) is 0 Å². The van der Waals surface area contributed by atoms with Crippen LogP contribution < -0.4 is 11.0 Å². The minimum atomic E-state index is -0.522. The molecule has 1 amide bonds. The fourth-order valence-corrected chi connectivity index (χ4v) is 1.82. The first-order valence-corrected chi connectivity index (χ1v) is 6.37. The van der Waals surface area contributed by atoms with Crippen LogP contribution in [0.1, 0.15) is 59.3 Å². The van der Waals surface area contributed by atoms with Crippen LogP contribution >= 0.6 is 0 Å². The normalized spacial score (nSPS) is 18.5. The Hall–Kier alpha value is -0.810. The highest BCUT2D eigenvalue weighted by Crippen LogP contribution is 2.18. The van der Waals surface area contributed by atoms with Gasteiger partial charge in [-0.2, -0.15) is 0 Å². The molecule has 1 aliphatic rings. The molecular weight excluding hydrogens is 220 g/mol. The molecule has 5 heteroatoms. The number of amides is 1. The summed E-state index contributed by atoms with van der Waals surface area (Å²) in [5.74, 6) is 0. The van der Waals surface area contributed by atoms with Crippen molar-refractivity contribution in [2.24, 2.45) is 0 Å². The summed E-state index contributed by atoms with van der Waals surface area (Å²) in [5.41, 5.74) is 4.36. The summed E-state index contributed by atoms with van der Waals surface area (Å²) in [7, 11) is 0. The summed E-state index contributed by atoms with van der Waals surface area (Å²) in [6, 6.07) is 0. The van der Waals surface area contributed by atoms with Crippen LogP contribution in [0.4, 0.5) is 4.79 Å². The lowest BCUT2D eigenvalue weighted by Crippen LogP contribution is -2.42. The van der Waals surface area contributed by atoms with Crippen LogP contribution in [-0.2, 0) is 9.57 Å². The molecule has 0 bridgehead atoms. The van der Waals surface area contributed by atoms with Crippen molar-refractivity contribution in [3.8, 4) is 0 Å². The van der Waals surface area contributed by atoms with Gasteiger partial charge in [0, 0.05) is 0 Å². The Kier molecular flexibility index (Phi) is 5.71. The molecule has 0 aliphatic heterocycles. The molecule has 5 nitrogen and oxygen atoms in total. The topological polar surface area (TPSA) is 59.6 Å². The number of hydrazine groups is 1. The number of carbonyl (C=O) groups excluding carboxylic acids is 1. The molecule has 1 saturated carbocycles. The Morgan fingerprint density at radius 3 is 2.24 bits per heavy atom.